The van der Waals surface area contributed by atoms with Gasteiger partial charge in [0.25, 0.3) is 0 Å². The number of halogens is 1. The van der Waals surface area contributed by atoms with Crippen molar-refractivity contribution in [3.8, 4) is 11.5 Å². The molecular weight excluding hydrogens is 286 g/mol. The van der Waals surface area contributed by atoms with E-state index in [9.17, 15) is 4.79 Å². The zero-order chi connectivity index (χ0) is 14.8. The third-order valence-electron chi connectivity index (χ3n) is 3.63. The van der Waals surface area contributed by atoms with E-state index in [1.54, 1.807) is 6.07 Å². The number of anilines is 1. The maximum absolute atomic E-state index is 11.8. The molecule has 1 aliphatic rings. The monoisotopic (exact) mass is 301 g/mol. The third-order valence-corrected chi connectivity index (χ3v) is 3.94. The predicted molar refractivity (Wildman–Crippen MR) is 83.9 cm³/mol. The second kappa shape index (κ2) is 5.78. The smallest absolute Gasteiger partial charge is 0.227 e. The highest BCUT2D eigenvalue weighted by molar-refractivity contribution is 6.32. The first-order chi connectivity index (χ1) is 10.1. The Morgan fingerprint density at radius 2 is 1.86 bits per heavy atom. The third kappa shape index (κ3) is 3.37. The second-order valence-electron chi connectivity index (χ2n) is 5.37. The van der Waals surface area contributed by atoms with Crippen molar-refractivity contribution in [1.82, 2.24) is 0 Å². The van der Waals surface area contributed by atoms with Gasteiger partial charge in [-0.25, -0.2) is 0 Å². The van der Waals surface area contributed by atoms with Crippen LogP contribution in [-0.4, -0.2) is 5.91 Å². The van der Waals surface area contributed by atoms with Gasteiger partial charge in [0, 0.05) is 11.6 Å². The number of ether oxygens (including phenoxy) is 1. The SMILES string of the molecule is CC1CC1C(=O)Nc1ccc(Oc2ccccc2Cl)cc1. The van der Waals surface area contributed by atoms with Gasteiger partial charge in [0.05, 0.1) is 5.02 Å². The maximum Gasteiger partial charge on any atom is 0.227 e. The number of rotatable bonds is 4. The van der Waals surface area contributed by atoms with Crippen LogP contribution in [0.3, 0.4) is 0 Å². The van der Waals surface area contributed by atoms with Gasteiger partial charge in [-0.05, 0) is 48.7 Å². The van der Waals surface area contributed by atoms with Crippen molar-refractivity contribution in [1.29, 1.82) is 0 Å². The van der Waals surface area contributed by atoms with Crippen LogP contribution in [0, 0.1) is 11.8 Å². The number of hydrogen-bond acceptors (Lipinski definition) is 2. The molecule has 108 valence electrons. The molecule has 21 heavy (non-hydrogen) atoms. The van der Waals surface area contributed by atoms with Gasteiger partial charge in [-0.1, -0.05) is 30.7 Å². The average Bonchev–Trinajstić information content (AvgIpc) is 3.21. The summed E-state index contributed by atoms with van der Waals surface area (Å²) in [5.41, 5.74) is 0.783. The molecule has 0 aliphatic heterocycles. The average molecular weight is 302 g/mol. The quantitative estimate of drug-likeness (QED) is 0.887. The van der Waals surface area contributed by atoms with Gasteiger partial charge < -0.3 is 10.1 Å². The molecular formula is C17H16ClNO2. The molecule has 1 N–H and O–H groups in total. The molecule has 2 unspecified atom stereocenters. The molecule has 0 aromatic heterocycles. The van der Waals surface area contributed by atoms with Crippen LogP contribution in [0.2, 0.25) is 5.02 Å². The Kier molecular flexibility index (Phi) is 3.84. The topological polar surface area (TPSA) is 38.3 Å². The molecule has 1 amide bonds. The lowest BCUT2D eigenvalue weighted by Crippen LogP contribution is -2.14. The standard InChI is InChI=1S/C17H16ClNO2/c1-11-10-14(11)17(20)19-12-6-8-13(9-7-12)21-16-5-3-2-4-15(16)18/h2-9,11,14H,10H2,1H3,(H,19,20). The van der Waals surface area contributed by atoms with Crippen LogP contribution >= 0.6 is 11.6 Å². The van der Waals surface area contributed by atoms with E-state index in [0.29, 0.717) is 22.4 Å². The minimum Gasteiger partial charge on any atom is -0.456 e. The molecule has 2 aromatic rings. The summed E-state index contributed by atoms with van der Waals surface area (Å²) in [4.78, 5) is 11.8. The molecule has 0 bridgehead atoms. The summed E-state index contributed by atoms with van der Waals surface area (Å²) in [6.45, 7) is 2.09. The van der Waals surface area contributed by atoms with Crippen molar-refractivity contribution in [2.24, 2.45) is 11.8 Å². The van der Waals surface area contributed by atoms with Gasteiger partial charge in [-0.3, -0.25) is 4.79 Å². The van der Waals surface area contributed by atoms with Crippen LogP contribution in [0.15, 0.2) is 48.5 Å². The molecule has 2 atom stereocenters. The van der Waals surface area contributed by atoms with E-state index in [1.165, 1.54) is 0 Å². The largest absolute Gasteiger partial charge is 0.456 e. The Hall–Kier alpha value is -2.00. The van der Waals surface area contributed by atoms with E-state index in [4.69, 9.17) is 16.3 Å². The number of para-hydroxylation sites is 1. The number of benzene rings is 2. The van der Waals surface area contributed by atoms with Crippen molar-refractivity contribution < 1.29 is 9.53 Å². The van der Waals surface area contributed by atoms with E-state index < -0.39 is 0 Å². The van der Waals surface area contributed by atoms with Crippen LogP contribution in [0.1, 0.15) is 13.3 Å². The van der Waals surface area contributed by atoms with E-state index >= 15 is 0 Å². The molecule has 1 aliphatic carbocycles. The zero-order valence-corrected chi connectivity index (χ0v) is 12.4. The lowest BCUT2D eigenvalue weighted by Gasteiger charge is -2.09. The first kappa shape index (κ1) is 14.0. The molecule has 2 aromatic carbocycles. The van der Waals surface area contributed by atoms with E-state index in [2.05, 4.69) is 12.2 Å². The van der Waals surface area contributed by atoms with Gasteiger partial charge in [0.15, 0.2) is 0 Å². The zero-order valence-electron chi connectivity index (χ0n) is 11.7. The van der Waals surface area contributed by atoms with Crippen molar-refractivity contribution in [3.05, 3.63) is 53.6 Å². The Morgan fingerprint density at radius 3 is 2.48 bits per heavy atom. The fraction of sp³-hybridized carbons (Fsp3) is 0.235. The van der Waals surface area contributed by atoms with Crippen molar-refractivity contribution in [2.75, 3.05) is 5.32 Å². The normalized spacial score (nSPS) is 19.9. The summed E-state index contributed by atoms with van der Waals surface area (Å²) >= 11 is 6.05. The van der Waals surface area contributed by atoms with E-state index in [1.807, 2.05) is 42.5 Å². The fourth-order valence-electron chi connectivity index (χ4n) is 2.18. The first-order valence-electron chi connectivity index (χ1n) is 6.97. The fourth-order valence-corrected chi connectivity index (χ4v) is 2.36. The van der Waals surface area contributed by atoms with Crippen LogP contribution in [0.5, 0.6) is 11.5 Å². The molecule has 1 fully saturated rings. The van der Waals surface area contributed by atoms with E-state index in [-0.39, 0.29) is 11.8 Å². The molecule has 0 spiro atoms. The maximum atomic E-state index is 11.8. The Balaban J connectivity index is 1.64. The molecule has 0 heterocycles. The lowest BCUT2D eigenvalue weighted by molar-refractivity contribution is -0.117. The predicted octanol–water partition coefficient (Wildman–Crippen LogP) is 4.73. The summed E-state index contributed by atoms with van der Waals surface area (Å²) in [5.74, 6) is 2.07. The van der Waals surface area contributed by atoms with Crippen molar-refractivity contribution in [2.45, 2.75) is 13.3 Å². The van der Waals surface area contributed by atoms with Crippen LogP contribution in [-0.2, 0) is 4.79 Å². The Morgan fingerprint density at radius 1 is 1.19 bits per heavy atom. The van der Waals surface area contributed by atoms with Gasteiger partial charge >= 0.3 is 0 Å². The van der Waals surface area contributed by atoms with Crippen LogP contribution in [0.25, 0.3) is 0 Å². The molecule has 3 nitrogen and oxygen atoms in total. The molecule has 3 rings (SSSR count). The number of carbonyl (C=O) groups is 1. The van der Waals surface area contributed by atoms with Gasteiger partial charge in [-0.15, -0.1) is 0 Å². The van der Waals surface area contributed by atoms with Crippen LogP contribution in [0.4, 0.5) is 5.69 Å². The highest BCUT2D eigenvalue weighted by Crippen LogP contribution is 2.38. The summed E-state index contributed by atoms with van der Waals surface area (Å²) in [7, 11) is 0. The van der Waals surface area contributed by atoms with Crippen molar-refractivity contribution >= 4 is 23.2 Å². The summed E-state index contributed by atoms with van der Waals surface area (Å²) < 4.78 is 5.70. The van der Waals surface area contributed by atoms with Gasteiger partial charge in [0.1, 0.15) is 11.5 Å². The lowest BCUT2D eigenvalue weighted by atomic mass is 10.2. The molecule has 0 radical (unpaired) electrons. The minimum absolute atomic E-state index is 0.0993. The summed E-state index contributed by atoms with van der Waals surface area (Å²) in [6, 6.07) is 14.6. The summed E-state index contributed by atoms with van der Waals surface area (Å²) in [6.07, 6.45) is 0.986. The highest BCUT2D eigenvalue weighted by Gasteiger charge is 2.38. The first-order valence-corrected chi connectivity index (χ1v) is 7.34. The Bertz CT molecular complexity index is 654. The van der Waals surface area contributed by atoms with Crippen LogP contribution < -0.4 is 10.1 Å². The van der Waals surface area contributed by atoms with E-state index in [0.717, 1.165) is 12.1 Å². The number of hydrogen-bond donors (Lipinski definition) is 1. The molecule has 1 saturated carbocycles. The second-order valence-corrected chi connectivity index (χ2v) is 5.77. The van der Waals surface area contributed by atoms with Crippen molar-refractivity contribution in [3.63, 3.8) is 0 Å². The number of amides is 1. The number of carbonyl (C=O) groups excluding carboxylic acids is 1. The number of nitrogens with one attached hydrogen (secondary N) is 1. The summed E-state index contributed by atoms with van der Waals surface area (Å²) in [5, 5.41) is 3.48. The van der Waals surface area contributed by atoms with Gasteiger partial charge in [0.2, 0.25) is 5.91 Å². The molecule has 0 saturated heterocycles. The molecule has 4 heteroatoms. The highest BCUT2D eigenvalue weighted by atomic mass is 35.5. The van der Waals surface area contributed by atoms with Gasteiger partial charge in [-0.2, -0.15) is 0 Å². The minimum atomic E-state index is 0.0993. The Labute approximate surface area is 128 Å².